The Morgan fingerprint density at radius 3 is 1.96 bits per heavy atom. The van der Waals surface area contributed by atoms with Gasteiger partial charge < -0.3 is 25.6 Å². The van der Waals surface area contributed by atoms with Gasteiger partial charge in [-0.3, -0.25) is 9.59 Å². The first-order valence-electron chi connectivity index (χ1n) is 17.2. The van der Waals surface area contributed by atoms with E-state index in [-0.39, 0.29) is 17.9 Å². The molecule has 0 bridgehead atoms. The number of carbonyl (C=O) groups excluding carboxylic acids is 3. The van der Waals surface area contributed by atoms with E-state index in [4.69, 9.17) is 0 Å². The minimum atomic E-state index is -4.83. The lowest BCUT2D eigenvalue weighted by atomic mass is 9.90. The van der Waals surface area contributed by atoms with Crippen molar-refractivity contribution in [2.45, 2.75) is 102 Å². The predicted molar refractivity (Wildman–Crippen MR) is 193 cm³/mol. The van der Waals surface area contributed by atoms with Crippen LogP contribution in [0.3, 0.4) is 0 Å². The Bertz CT molecular complexity index is 1210. The molecule has 11 heteroatoms. The second-order valence-electron chi connectivity index (χ2n) is 11.9. The van der Waals surface area contributed by atoms with Gasteiger partial charge in [-0.15, -0.1) is 19.1 Å². The maximum atomic E-state index is 13.5. The SMILES string of the molecule is CC.CC(=O)OC(F)(F)F.CCC#CC(CC)/C(=C\C(CC(C)C)=C(/C)NC(=O)NCC(C)C)C(=O)N1CCNCC1.Cc1ccccc1. The standard InChI is InChI=1S/C26H44N4O2.C7H8.C3H3F3O2.C2H6/c1-8-10-11-22(9-2)24(25(31)30-14-12-27-13-15-30)17-23(16-19(3)4)21(7)29-26(32)28-18-20(5)6;1-7-5-3-2-4-6-7;1-2(7)8-3(4,5)6;1-2/h17,19-20,22,27H,8-9,12-16,18H2,1-7H3,(H2,28,29,32);2-6H,1H3;1H3;1-2H3/b23-21+,24-17+;;;. The lowest BCUT2D eigenvalue weighted by molar-refractivity contribution is -0.304. The van der Waals surface area contributed by atoms with Gasteiger partial charge in [0, 0.05) is 57.3 Å². The third kappa shape index (κ3) is 24.9. The molecular weight excluding hydrogens is 633 g/mol. The van der Waals surface area contributed by atoms with Gasteiger partial charge in [0.05, 0.1) is 5.92 Å². The summed E-state index contributed by atoms with van der Waals surface area (Å²) >= 11 is 0. The zero-order chi connectivity index (χ0) is 38.0. The number of nitrogens with zero attached hydrogens (tertiary/aromatic N) is 1. The Labute approximate surface area is 293 Å². The fourth-order valence-corrected chi connectivity index (χ4v) is 4.22. The molecule has 3 N–H and O–H groups in total. The second-order valence-corrected chi connectivity index (χ2v) is 11.9. The van der Waals surface area contributed by atoms with Crippen LogP contribution >= 0.6 is 0 Å². The van der Waals surface area contributed by atoms with Crippen LogP contribution in [0.25, 0.3) is 0 Å². The number of rotatable bonds is 9. The summed E-state index contributed by atoms with van der Waals surface area (Å²) in [7, 11) is 0. The number of carbonyl (C=O) groups is 3. The number of halogens is 3. The molecule has 1 aromatic carbocycles. The van der Waals surface area contributed by atoms with Gasteiger partial charge in [-0.1, -0.05) is 97.2 Å². The van der Waals surface area contributed by atoms with Crippen LogP contribution in [0.1, 0.15) is 94.1 Å². The number of piperazine rings is 1. The smallest absolute Gasteiger partial charge is 0.373 e. The van der Waals surface area contributed by atoms with Crippen LogP contribution in [0.5, 0.6) is 0 Å². The zero-order valence-electron chi connectivity index (χ0n) is 31.6. The number of hydrogen-bond acceptors (Lipinski definition) is 5. The van der Waals surface area contributed by atoms with Crippen molar-refractivity contribution in [2.24, 2.45) is 17.8 Å². The molecular formula is C38H61F3N4O4. The van der Waals surface area contributed by atoms with E-state index in [9.17, 15) is 27.6 Å². The summed E-state index contributed by atoms with van der Waals surface area (Å²) in [5.41, 5.74) is 3.82. The number of aryl methyl sites for hydroxylation is 1. The molecule has 1 aromatic rings. The summed E-state index contributed by atoms with van der Waals surface area (Å²) in [5, 5.41) is 9.19. The number of alkyl halides is 3. The normalized spacial score (nSPS) is 13.8. The number of allylic oxidation sites excluding steroid dienone is 3. The Morgan fingerprint density at radius 2 is 1.57 bits per heavy atom. The Kier molecular flexibility index (Phi) is 26.2. The fourth-order valence-electron chi connectivity index (χ4n) is 4.22. The third-order valence-corrected chi connectivity index (χ3v) is 6.50. The minimum absolute atomic E-state index is 0.0575. The topological polar surface area (TPSA) is 99.8 Å². The summed E-state index contributed by atoms with van der Waals surface area (Å²) in [5.74, 6) is 5.83. The molecule has 1 unspecified atom stereocenters. The highest BCUT2D eigenvalue weighted by Crippen LogP contribution is 2.24. The molecule has 278 valence electrons. The molecule has 1 saturated heterocycles. The van der Waals surface area contributed by atoms with Crippen LogP contribution in [0.2, 0.25) is 0 Å². The van der Waals surface area contributed by atoms with Crippen molar-refractivity contribution in [2.75, 3.05) is 32.7 Å². The monoisotopic (exact) mass is 694 g/mol. The average molecular weight is 695 g/mol. The van der Waals surface area contributed by atoms with Crippen molar-refractivity contribution in [3.05, 3.63) is 58.8 Å². The number of hydrogen-bond donors (Lipinski definition) is 3. The third-order valence-electron chi connectivity index (χ3n) is 6.50. The predicted octanol–water partition coefficient (Wildman–Crippen LogP) is 8.15. The van der Waals surface area contributed by atoms with E-state index in [1.165, 1.54) is 5.56 Å². The Hall–Kier alpha value is -3.78. The van der Waals surface area contributed by atoms with E-state index in [0.29, 0.717) is 38.4 Å². The van der Waals surface area contributed by atoms with Crippen LogP contribution in [0.4, 0.5) is 18.0 Å². The van der Waals surface area contributed by atoms with Gasteiger partial charge in [0.2, 0.25) is 0 Å². The van der Waals surface area contributed by atoms with Crippen LogP contribution in [0.15, 0.2) is 53.3 Å². The highest BCUT2D eigenvalue weighted by molar-refractivity contribution is 5.95. The number of nitrogens with one attached hydrogen (secondary N) is 3. The first-order valence-corrected chi connectivity index (χ1v) is 17.2. The molecule has 1 aliphatic rings. The van der Waals surface area contributed by atoms with Crippen molar-refractivity contribution in [1.82, 2.24) is 20.9 Å². The molecule has 1 atom stereocenters. The summed E-state index contributed by atoms with van der Waals surface area (Å²) < 4.78 is 35.4. The van der Waals surface area contributed by atoms with Crippen molar-refractivity contribution in [3.63, 3.8) is 0 Å². The van der Waals surface area contributed by atoms with Gasteiger partial charge in [0.25, 0.3) is 5.91 Å². The van der Waals surface area contributed by atoms with Crippen LogP contribution < -0.4 is 16.0 Å². The molecule has 1 aliphatic heterocycles. The number of benzene rings is 1. The van der Waals surface area contributed by atoms with E-state index >= 15 is 0 Å². The lowest BCUT2D eigenvalue weighted by Crippen LogP contribution is -2.47. The molecule has 1 heterocycles. The summed E-state index contributed by atoms with van der Waals surface area (Å²) in [6.07, 6.45) is -0.525. The van der Waals surface area contributed by atoms with Crippen molar-refractivity contribution < 1.29 is 32.3 Å². The summed E-state index contributed by atoms with van der Waals surface area (Å²) in [6.45, 7) is 24.8. The van der Waals surface area contributed by atoms with Gasteiger partial charge >= 0.3 is 18.4 Å². The van der Waals surface area contributed by atoms with Gasteiger partial charge in [-0.25, -0.2) is 4.79 Å². The van der Waals surface area contributed by atoms with E-state index < -0.39 is 12.3 Å². The number of amides is 3. The van der Waals surface area contributed by atoms with Crippen LogP contribution in [-0.4, -0.2) is 61.9 Å². The summed E-state index contributed by atoms with van der Waals surface area (Å²) in [4.78, 5) is 37.3. The first-order chi connectivity index (χ1) is 23.0. The quantitative estimate of drug-likeness (QED) is 0.105. The number of ether oxygens (including phenoxy) is 1. The van der Waals surface area contributed by atoms with Crippen LogP contribution in [0, 0.1) is 36.5 Å². The van der Waals surface area contributed by atoms with Crippen molar-refractivity contribution >= 4 is 17.9 Å². The number of urea groups is 1. The molecule has 0 saturated carbocycles. The fraction of sp³-hybridized carbons (Fsp3) is 0.605. The summed E-state index contributed by atoms with van der Waals surface area (Å²) in [6, 6.07) is 10.1. The largest absolute Gasteiger partial charge is 0.575 e. The molecule has 1 fully saturated rings. The maximum Gasteiger partial charge on any atom is 0.575 e. The minimum Gasteiger partial charge on any atom is -0.373 e. The molecule has 0 spiro atoms. The Morgan fingerprint density at radius 1 is 1.00 bits per heavy atom. The van der Waals surface area contributed by atoms with E-state index in [2.05, 4.69) is 86.2 Å². The van der Waals surface area contributed by atoms with Crippen molar-refractivity contribution in [1.29, 1.82) is 0 Å². The molecule has 0 radical (unpaired) electrons. The van der Waals surface area contributed by atoms with Gasteiger partial charge in [-0.2, -0.15) is 0 Å². The zero-order valence-corrected chi connectivity index (χ0v) is 31.6. The molecule has 49 heavy (non-hydrogen) atoms. The van der Waals surface area contributed by atoms with Gasteiger partial charge in [0.1, 0.15) is 0 Å². The van der Waals surface area contributed by atoms with Gasteiger partial charge in [0.15, 0.2) is 0 Å². The first kappa shape index (κ1) is 47.3. The highest BCUT2D eigenvalue weighted by atomic mass is 19.4. The van der Waals surface area contributed by atoms with Gasteiger partial charge in [-0.05, 0) is 50.2 Å². The molecule has 0 aromatic heterocycles. The van der Waals surface area contributed by atoms with E-state index in [0.717, 1.165) is 49.2 Å². The van der Waals surface area contributed by atoms with Crippen LogP contribution in [-0.2, 0) is 14.3 Å². The second kappa shape index (κ2) is 27.1. The highest BCUT2D eigenvalue weighted by Gasteiger charge is 2.32. The average Bonchev–Trinajstić information content (AvgIpc) is 3.03. The van der Waals surface area contributed by atoms with E-state index in [1.54, 1.807) is 0 Å². The van der Waals surface area contributed by atoms with Crippen molar-refractivity contribution in [3.8, 4) is 11.8 Å². The molecule has 8 nitrogen and oxygen atoms in total. The maximum absolute atomic E-state index is 13.5. The molecule has 0 aliphatic carbocycles. The molecule has 2 rings (SSSR count). The number of esters is 1. The lowest BCUT2D eigenvalue weighted by Gasteiger charge is -2.30. The molecule has 3 amide bonds. The van der Waals surface area contributed by atoms with E-state index in [1.807, 2.05) is 56.9 Å². The Balaban J connectivity index is 0.